The molecule has 0 bridgehead atoms. The molecule has 7 rings (SSSR count). The Morgan fingerprint density at radius 1 is 0.773 bits per heavy atom. The number of nitrogens with zero attached hydrogens (tertiary/aromatic N) is 4. The van der Waals surface area contributed by atoms with E-state index in [4.69, 9.17) is 22.0 Å². The zero-order valence-electron chi connectivity index (χ0n) is 54.4. The SMILES string of the molecule is CCCC[C@H](NC(=O)[C@@H]1CCCN1C(=O)[C@H](Cc1cnc[nH]1)NC(=O)[C@H](CO)NC(C)=O)C(=O)N[C@H]1CCC(=O)ONCCCC[C@@H](C(N)=O)NC(=O)[C@H](Cc2c[nH]c3ccccc23)NC(=O)[C@H](CCCN=C(N)N)NC(=O)[C@@H](Cc2ccccc2)NC(=O)[C@@H]2CC(O)CN2C1=O. The first kappa shape index (κ1) is 74.4. The van der Waals surface area contributed by atoms with Crippen molar-refractivity contribution in [3.8, 4) is 0 Å². The van der Waals surface area contributed by atoms with Crippen molar-refractivity contribution in [3.63, 3.8) is 0 Å². The minimum Gasteiger partial charge on any atom is -0.394 e. The molecule has 19 N–H and O–H groups in total. The number of imidazole rings is 1. The van der Waals surface area contributed by atoms with Crippen molar-refractivity contribution in [1.29, 1.82) is 0 Å². The third-order valence-corrected chi connectivity index (χ3v) is 17.0. The molecule has 3 saturated heterocycles. The van der Waals surface area contributed by atoms with Crippen LogP contribution in [0, 0.1) is 0 Å². The summed E-state index contributed by atoms with van der Waals surface area (Å²) in [7, 11) is 0. The van der Waals surface area contributed by atoms with Gasteiger partial charge in [0.05, 0.1) is 19.0 Å². The van der Waals surface area contributed by atoms with Crippen molar-refractivity contribution in [2.45, 2.75) is 183 Å². The molecule has 0 spiro atoms. The van der Waals surface area contributed by atoms with Crippen molar-refractivity contribution < 1.29 is 72.6 Å². The average molecular weight is 1350 g/mol. The number of amides is 11. The fourth-order valence-corrected chi connectivity index (χ4v) is 11.9. The number of aliphatic hydroxyl groups is 2. The molecule has 0 saturated carbocycles. The number of aliphatic imine (C=N–C) groups is 1. The number of benzene rings is 2. The number of para-hydroxylation sites is 1. The number of H-pyrrole nitrogens is 2. The number of unbranched alkanes of at least 4 members (excludes halogenated alkanes) is 1. The maximum Gasteiger partial charge on any atom is 0.324 e. The van der Waals surface area contributed by atoms with Crippen molar-refractivity contribution in [2.75, 3.05) is 32.8 Å². The number of fused-ring (bicyclic) bond motifs is 2. The Hall–Kier alpha value is -10.0. The van der Waals surface area contributed by atoms with Crippen LogP contribution in [0.25, 0.3) is 10.9 Å². The van der Waals surface area contributed by atoms with E-state index in [1.165, 1.54) is 17.4 Å². The fourth-order valence-electron chi connectivity index (χ4n) is 11.9. The van der Waals surface area contributed by atoms with Crippen LogP contribution in [0.4, 0.5) is 0 Å². The Bertz CT molecular complexity index is 3420. The van der Waals surface area contributed by atoms with Gasteiger partial charge >= 0.3 is 5.97 Å². The molecule has 33 nitrogen and oxygen atoms in total. The first-order valence-corrected chi connectivity index (χ1v) is 32.7. The van der Waals surface area contributed by atoms with Crippen LogP contribution >= 0.6 is 0 Å². The number of carbonyl (C=O) groups is 12. The Labute approximate surface area is 559 Å². The Balaban J connectivity index is 1.17. The van der Waals surface area contributed by atoms with Gasteiger partial charge in [0, 0.05) is 94.2 Å². The van der Waals surface area contributed by atoms with E-state index in [0.29, 0.717) is 36.1 Å². The highest BCUT2D eigenvalue weighted by Gasteiger charge is 2.45. The topological polar surface area (TPSA) is 504 Å². The summed E-state index contributed by atoms with van der Waals surface area (Å²) in [6.45, 7) is 1.85. The number of hydrogen-bond acceptors (Lipinski definition) is 18. The number of nitrogens with two attached hydrogens (primary N) is 3. The number of aliphatic hydroxyl groups excluding tert-OH is 2. The molecule has 11 amide bonds. The number of guanidine groups is 1. The van der Waals surface area contributed by atoms with Gasteiger partial charge in [0.2, 0.25) is 65.0 Å². The second-order valence-corrected chi connectivity index (χ2v) is 24.4. The van der Waals surface area contributed by atoms with Crippen molar-refractivity contribution in [2.24, 2.45) is 22.2 Å². The first-order valence-electron chi connectivity index (χ1n) is 32.7. The molecule has 526 valence electrons. The predicted octanol–water partition coefficient (Wildman–Crippen LogP) is -3.50. The van der Waals surface area contributed by atoms with Gasteiger partial charge in [-0.2, -0.15) is 5.48 Å². The van der Waals surface area contributed by atoms with Gasteiger partial charge in [-0.1, -0.05) is 68.3 Å². The van der Waals surface area contributed by atoms with E-state index in [-0.39, 0.29) is 96.2 Å². The first-order chi connectivity index (χ1) is 46.5. The van der Waals surface area contributed by atoms with Gasteiger partial charge in [-0.25, -0.2) is 4.98 Å². The number of aromatic amines is 2. The highest BCUT2D eigenvalue weighted by molar-refractivity contribution is 6.00. The summed E-state index contributed by atoms with van der Waals surface area (Å²) in [4.78, 5) is 191. The second-order valence-electron chi connectivity index (χ2n) is 24.4. The lowest BCUT2D eigenvalue weighted by Crippen LogP contribution is -2.60. The molecule has 5 heterocycles. The van der Waals surface area contributed by atoms with E-state index in [0.717, 1.165) is 22.7 Å². The standard InChI is InChI=1S/C64H90N18O15/c1-3-4-17-44(76-60(93)51-21-13-26-81(51)63(96)49(29-39-32-68-35-71-39)80-59(92)50(34-83)73-36(2)84)55(88)77-46-22-23-53(86)97-72-25-11-10-19-43(54(65)87)74-58(91)48(28-38-31-70-42-18-9-8-16-41(38)42)78-56(89)45(20-12-24-69-64(66)67)75-57(90)47(27-37-14-6-5-7-15-37)79-61(94)52-30-40(85)33-82(52)62(46)95/h5-9,14-16,18,31-32,35,40,43-52,70,72,83,85H,3-4,10-13,17,19-30,33-34H2,1-2H3,(H2,65,87)(H,68,71)(H,73,84)(H,74,91)(H,75,90)(H,76,93)(H,77,88)(H,78,89)(H,79,94)(H,80,92)(H4,66,67,69)/t40?,43-,44-,45-,46-,47+,48-,49-,50-,51-,52-/m0/s1. The average Bonchev–Trinajstić information content (AvgIpc) is 1.73. The van der Waals surface area contributed by atoms with Gasteiger partial charge in [0.1, 0.15) is 60.4 Å². The molecule has 1 unspecified atom stereocenters. The molecular weight excluding hydrogens is 1260 g/mol. The van der Waals surface area contributed by atoms with Crippen LogP contribution in [0.2, 0.25) is 0 Å². The van der Waals surface area contributed by atoms with Crippen LogP contribution in [0.5, 0.6) is 0 Å². The molecule has 97 heavy (non-hydrogen) atoms. The van der Waals surface area contributed by atoms with Gasteiger partial charge in [-0.05, 0) is 75.0 Å². The highest BCUT2D eigenvalue weighted by atomic mass is 16.7. The minimum atomic E-state index is -1.64. The van der Waals surface area contributed by atoms with Gasteiger partial charge in [0.15, 0.2) is 5.96 Å². The maximum absolute atomic E-state index is 15.2. The summed E-state index contributed by atoms with van der Waals surface area (Å²) in [5.74, 6) is -10.2. The predicted molar refractivity (Wildman–Crippen MR) is 349 cm³/mol. The number of nitrogens with one attached hydrogen (secondary N) is 11. The third-order valence-electron chi connectivity index (χ3n) is 17.0. The molecule has 0 aliphatic carbocycles. The lowest BCUT2D eigenvalue weighted by atomic mass is 10.0. The number of likely N-dealkylation sites (tertiary alicyclic amines) is 1. The summed E-state index contributed by atoms with van der Waals surface area (Å²) < 4.78 is 0. The number of rotatable bonds is 23. The Kier molecular flexibility index (Phi) is 28.2. The van der Waals surface area contributed by atoms with Crippen molar-refractivity contribution in [3.05, 3.63) is 90.1 Å². The smallest absolute Gasteiger partial charge is 0.324 e. The number of carbonyl (C=O) groups excluding carboxylic acids is 12. The number of hydrogen-bond donors (Lipinski definition) is 16. The molecule has 11 atom stereocenters. The maximum atomic E-state index is 15.2. The monoisotopic (exact) mass is 1350 g/mol. The number of aromatic nitrogens is 3. The summed E-state index contributed by atoms with van der Waals surface area (Å²) in [6, 6.07) is 1.81. The molecule has 3 aliphatic rings. The van der Waals surface area contributed by atoms with Crippen LogP contribution in [-0.2, 0) is 81.6 Å². The molecule has 2 aromatic carbocycles. The van der Waals surface area contributed by atoms with Gasteiger partial charge < -0.3 is 94.6 Å². The zero-order valence-corrected chi connectivity index (χ0v) is 54.4. The van der Waals surface area contributed by atoms with E-state index in [9.17, 15) is 63.0 Å². The Morgan fingerprint density at radius 3 is 2.20 bits per heavy atom. The van der Waals surface area contributed by atoms with Crippen molar-refractivity contribution in [1.82, 2.24) is 72.8 Å². The van der Waals surface area contributed by atoms with Gasteiger partial charge in [-0.15, -0.1) is 0 Å². The second kappa shape index (κ2) is 36.8. The van der Waals surface area contributed by atoms with Crippen LogP contribution in [-0.4, -0.2) is 211 Å². The van der Waals surface area contributed by atoms with E-state index in [1.54, 1.807) is 42.6 Å². The van der Waals surface area contributed by atoms with Crippen LogP contribution < -0.4 is 65.2 Å². The van der Waals surface area contributed by atoms with Gasteiger partial charge in [0.25, 0.3) is 0 Å². The van der Waals surface area contributed by atoms with E-state index in [2.05, 4.69) is 68.0 Å². The summed E-state index contributed by atoms with van der Waals surface area (Å²) >= 11 is 0. The lowest BCUT2D eigenvalue weighted by Gasteiger charge is -2.32. The van der Waals surface area contributed by atoms with E-state index >= 15 is 4.79 Å². The highest BCUT2D eigenvalue weighted by Crippen LogP contribution is 2.25. The van der Waals surface area contributed by atoms with Crippen LogP contribution in [0.15, 0.2) is 78.3 Å². The molecule has 33 heteroatoms. The lowest BCUT2D eigenvalue weighted by molar-refractivity contribution is -0.152. The van der Waals surface area contributed by atoms with E-state index in [1.807, 2.05) is 25.1 Å². The molecule has 4 aromatic rings. The van der Waals surface area contributed by atoms with E-state index < -0.39 is 163 Å². The number of hydroxylamine groups is 1. The minimum absolute atomic E-state index is 0.0102. The summed E-state index contributed by atoms with van der Waals surface area (Å²) in [6.07, 6.45) is 3.31. The summed E-state index contributed by atoms with van der Waals surface area (Å²) in [5, 5.41) is 43.2. The molecule has 3 aliphatic heterocycles. The van der Waals surface area contributed by atoms with Crippen molar-refractivity contribution >= 4 is 87.8 Å². The largest absolute Gasteiger partial charge is 0.394 e. The molecular formula is C64H90N18O15. The molecule has 2 aromatic heterocycles. The Morgan fingerprint density at radius 2 is 1.48 bits per heavy atom. The normalized spacial score (nSPS) is 22.9. The van der Waals surface area contributed by atoms with Gasteiger partial charge in [-0.3, -0.25) is 62.5 Å². The zero-order chi connectivity index (χ0) is 70.1. The fraction of sp³-hybridized carbons (Fsp3) is 0.531. The quantitative estimate of drug-likeness (QED) is 0.0195. The summed E-state index contributed by atoms with van der Waals surface area (Å²) in [5.41, 5.74) is 22.0. The van der Waals surface area contributed by atoms with Crippen LogP contribution in [0.3, 0.4) is 0 Å². The van der Waals surface area contributed by atoms with Crippen LogP contribution in [0.1, 0.15) is 114 Å². The molecule has 0 radical (unpaired) electrons. The number of primary amides is 1. The molecule has 3 fully saturated rings. The third kappa shape index (κ3) is 22.0.